The summed E-state index contributed by atoms with van der Waals surface area (Å²) in [4.78, 5) is 170. The van der Waals surface area contributed by atoms with Crippen LogP contribution in [0, 0.1) is 6.92 Å². The van der Waals surface area contributed by atoms with Gasteiger partial charge in [0.05, 0.1) is 43.3 Å². The van der Waals surface area contributed by atoms with Gasteiger partial charge in [0.1, 0.15) is 133 Å². The monoisotopic (exact) mass is 2150 g/mol. The lowest BCUT2D eigenvalue weighted by atomic mass is 10.2. The Hall–Kier alpha value is -11.4. The van der Waals surface area contributed by atoms with Crippen LogP contribution in [-0.2, 0) is 30.5 Å². The molecule has 0 saturated carbocycles. The van der Waals surface area contributed by atoms with Crippen molar-refractivity contribution in [2.45, 2.75) is 122 Å². The molecule has 1 fully saturated rings. The Morgan fingerprint density at radius 2 is 0.810 bits per heavy atom. The van der Waals surface area contributed by atoms with Crippen molar-refractivity contribution in [2.75, 3.05) is 67.1 Å². The van der Waals surface area contributed by atoms with E-state index in [1.54, 1.807) is 43.0 Å². The Kier molecular flexibility index (Phi) is 32.1. The molecule has 0 aliphatic carbocycles. The van der Waals surface area contributed by atoms with Crippen LogP contribution in [0.3, 0.4) is 0 Å². The van der Waals surface area contributed by atoms with E-state index in [9.17, 15) is 84.0 Å². The number of nitrogens with zero attached hydrogens (tertiary/aromatic N) is 17. The van der Waals surface area contributed by atoms with Crippen LogP contribution >= 0.6 is 161 Å². The molecular weight excluding hydrogens is 2080 g/mol. The van der Waals surface area contributed by atoms with Crippen molar-refractivity contribution in [2.24, 2.45) is 42.9 Å². The number of anilines is 12. The van der Waals surface area contributed by atoms with E-state index < -0.39 is 101 Å². The van der Waals surface area contributed by atoms with Crippen molar-refractivity contribution in [3.05, 3.63) is 197 Å². The number of carbonyl (C=O) groups is 5. The van der Waals surface area contributed by atoms with Gasteiger partial charge in [-0.2, -0.15) is 0 Å². The van der Waals surface area contributed by atoms with E-state index in [2.05, 4.69) is 98.6 Å². The predicted molar refractivity (Wildman–Crippen MR) is 525 cm³/mol. The minimum absolute atomic E-state index is 0.00958. The molecule has 1 saturated heterocycles. The maximum atomic E-state index is 13.3. The number of H-pyrrole nitrogens is 4. The number of pyridine rings is 4. The number of amidine groups is 4. The second-order valence-corrected chi connectivity index (χ2v) is 39.3. The number of rotatable bonds is 25. The van der Waals surface area contributed by atoms with Crippen molar-refractivity contribution in [3.8, 4) is 0 Å². The summed E-state index contributed by atoms with van der Waals surface area (Å²) in [6.45, 7) is 7.09. The fourth-order valence-electron chi connectivity index (χ4n) is 13.7. The van der Waals surface area contributed by atoms with Gasteiger partial charge in [-0.1, -0.05) is 115 Å². The number of aromatic amines is 4. The number of aliphatic hydroxyl groups is 9. The first-order valence-corrected chi connectivity index (χ1v) is 48.7. The van der Waals surface area contributed by atoms with Crippen molar-refractivity contribution in [1.82, 2.24) is 62.3 Å². The molecule has 17 rings (SSSR count). The van der Waals surface area contributed by atoms with Gasteiger partial charge in [-0.3, -0.25) is 90.2 Å². The van der Waals surface area contributed by atoms with Gasteiger partial charge in [0, 0.05) is 112 Å². The first-order chi connectivity index (χ1) is 65.2. The van der Waals surface area contributed by atoms with E-state index in [0.29, 0.717) is 94.3 Å². The molecular formula is C76H75Cl6N29O18S8. The van der Waals surface area contributed by atoms with Gasteiger partial charge in [0.25, 0.3) is 45.9 Å². The Morgan fingerprint density at radius 1 is 0.474 bits per heavy atom. The van der Waals surface area contributed by atoms with Crippen LogP contribution in [0.2, 0.25) is 30.4 Å². The number of aryl methyl sites for hydroxylation is 1. The number of fused-ring (bicyclic) bond motifs is 4. The van der Waals surface area contributed by atoms with Gasteiger partial charge in [0.15, 0.2) is 43.3 Å². The largest absolute Gasteiger partial charge is 0.394 e. The second-order valence-electron chi connectivity index (χ2n) is 29.6. The number of likely N-dealkylation sites (tertiary alicyclic amines) is 1. The zero-order valence-electron chi connectivity index (χ0n) is 70.6. The highest BCUT2D eigenvalue weighted by molar-refractivity contribution is 7.20. The predicted octanol–water partition coefficient (Wildman–Crippen LogP) is 5.66. The van der Waals surface area contributed by atoms with E-state index >= 15 is 0 Å². The van der Waals surface area contributed by atoms with Gasteiger partial charge in [-0.05, 0) is 105 Å². The molecule has 61 heteroatoms. The van der Waals surface area contributed by atoms with Crippen LogP contribution in [0.1, 0.15) is 123 Å². The summed E-state index contributed by atoms with van der Waals surface area (Å²) >= 11 is 44.9. The standard InChI is InChI=1S/C21H20Cl2N8O4S2.C19H20ClN7O5S2.C18H17Cl2N7O5S2.C18H18ClN7O4S2/c22-10-3-4-26-17-9(10)8-12(33)31(17)20(35)14-15(23)27-21(36-14)28-19-13(18(34)29-37-19)16(24)25-5-7-30-6-1-2-11(30)32;1-6-12(18(32)27-10(29)5-8-9(20)3-4-22-14(8)27)33-19(23-6)25-17-11(16(31)26-34-17)13(21)24-15(30)7(2)28;1-5(28)14(30)24-12(21)9-15(31)26-34-16(9)25-18-23-11(20)10(33-18)17(32)27-8(29)4-6-7(19)2-3-22-13(6)27;1-7(6-27)23-13(20)12-15(29)25-32-16(12)24-18-22-5-10(31-18)17(30)26-11(28)4-8-9(19)2-3-21-14(8)26/h3-4,12,33H,1-2,5-8H2,(H2,24,25)(H,27,28)(H,29,34);3-4,7,10,15,28-30H,5H2,1-2H3,(H2,21,24)(H,23,25)(H,26,31);2-3,5,8,14,28-30H,4H2,1H3,(H2,21,24)(H,23,25)(H,26,31);2-3,5,7,11,27-28H,4,6H2,1H3,(H2,20,23)(H,22,24)(H,25,29). The molecule has 25 N–H and O–H groups in total. The lowest BCUT2D eigenvalue weighted by molar-refractivity contribution is -0.127. The Labute approximate surface area is 831 Å². The molecule has 5 aliphatic rings. The summed E-state index contributed by atoms with van der Waals surface area (Å²) in [5.74, 6) is -1.60. The molecule has 5 amide bonds. The Balaban J connectivity index is 0.000000146. The fourth-order valence-corrected chi connectivity index (χ4v) is 21.7. The van der Waals surface area contributed by atoms with Crippen LogP contribution in [0.15, 0.2) is 94.4 Å². The van der Waals surface area contributed by atoms with Crippen LogP contribution < -0.4 is 86.0 Å². The molecule has 12 aromatic heterocycles. The SMILES string of the molecule is CC(CO)N=C(N)c1c(Nc2ncc(C(=O)N3c4nccc(Cl)c4CC3O)s2)s[nH]c1=O.CC(O)C(O)N=C(N)c1c(Nc2nc(Cl)c(C(=O)N3c4nccc(Cl)c4CC3O)s2)s[nH]c1=O.Cc1nc(Nc2s[nH]c(=O)c2C(N)=NC(O)C(C)O)sc1C(=O)N1c2nccc(Cl)c2CC1O.NC(=NCCN1CCCC1=O)c1c(Nc2nc(Cl)c(C(=O)N3c4nccc(Cl)c4CC3O)s2)s[nH]c1=O. The summed E-state index contributed by atoms with van der Waals surface area (Å²) < 4.78 is 10.2. The highest BCUT2D eigenvalue weighted by Gasteiger charge is 2.43. The number of nitrogens with two attached hydrogens (primary N) is 4. The first kappa shape index (κ1) is 102. The number of aliphatic hydroxyl groups excluding tert-OH is 9. The summed E-state index contributed by atoms with van der Waals surface area (Å²) in [6.07, 6.45) is -0.820. The van der Waals surface area contributed by atoms with Crippen molar-refractivity contribution >= 4 is 278 Å². The molecule has 9 unspecified atom stereocenters. The first-order valence-electron chi connectivity index (χ1n) is 39.9. The topological polar surface area (TPSA) is 720 Å². The number of hydrogen-bond acceptors (Lipinski definition) is 42. The molecule has 137 heavy (non-hydrogen) atoms. The average molecular weight is 2150 g/mol. The van der Waals surface area contributed by atoms with Crippen molar-refractivity contribution < 1.29 is 69.9 Å². The highest BCUT2D eigenvalue weighted by atomic mass is 35.5. The zero-order valence-corrected chi connectivity index (χ0v) is 81.7. The number of amides is 5. The van der Waals surface area contributed by atoms with Crippen LogP contribution in [0.4, 0.5) is 63.8 Å². The number of halogens is 6. The molecule has 722 valence electrons. The molecule has 47 nitrogen and oxygen atoms in total. The lowest BCUT2D eigenvalue weighted by Crippen LogP contribution is -2.37. The number of hydrogen-bond donors (Lipinski definition) is 21. The van der Waals surface area contributed by atoms with Gasteiger partial charge in [0.2, 0.25) is 5.91 Å². The molecule has 0 aromatic carbocycles. The third kappa shape index (κ3) is 22.0. The van der Waals surface area contributed by atoms with E-state index in [-0.39, 0.29) is 157 Å². The van der Waals surface area contributed by atoms with Gasteiger partial charge in [-0.25, -0.2) is 49.9 Å². The molecule has 0 bridgehead atoms. The van der Waals surface area contributed by atoms with Gasteiger partial charge < -0.3 is 95.1 Å². The van der Waals surface area contributed by atoms with Crippen LogP contribution in [0.5, 0.6) is 0 Å². The number of thiazole rings is 4. The average Bonchev–Trinajstić information content (AvgIpc) is 1.63. The maximum absolute atomic E-state index is 13.3. The van der Waals surface area contributed by atoms with Crippen molar-refractivity contribution in [3.63, 3.8) is 0 Å². The van der Waals surface area contributed by atoms with Crippen LogP contribution in [0.25, 0.3) is 0 Å². The normalized spacial score (nSPS) is 17.4. The smallest absolute Gasteiger partial charge is 0.274 e. The number of nitrogens with one attached hydrogen (secondary N) is 8. The summed E-state index contributed by atoms with van der Waals surface area (Å²) in [6, 6.07) is 5.88. The third-order valence-electron chi connectivity index (χ3n) is 20.3. The fraction of sp³-hybridized carbons (Fsp3) is 0.303. The van der Waals surface area contributed by atoms with Crippen molar-refractivity contribution in [1.29, 1.82) is 0 Å². The van der Waals surface area contributed by atoms with Crippen LogP contribution in [-0.4, -0.2) is 243 Å². The molecule has 0 spiro atoms. The van der Waals surface area contributed by atoms with Gasteiger partial charge >= 0.3 is 0 Å². The maximum Gasteiger partial charge on any atom is 0.274 e. The lowest BCUT2D eigenvalue weighted by Gasteiger charge is -2.19. The minimum atomic E-state index is -1.53. The zero-order chi connectivity index (χ0) is 98.7. The van der Waals surface area contributed by atoms with E-state index in [1.807, 2.05) is 0 Å². The summed E-state index contributed by atoms with van der Waals surface area (Å²) in [5.41, 5.74) is 24.6. The second kappa shape index (κ2) is 43.4. The number of carbonyl (C=O) groups excluding carboxylic acids is 5. The van der Waals surface area contributed by atoms with Gasteiger partial charge in [-0.15, -0.1) is 0 Å². The minimum Gasteiger partial charge on any atom is -0.394 e. The summed E-state index contributed by atoms with van der Waals surface area (Å²) in [5, 5.41) is 105. The Bertz CT molecular complexity index is 6820. The molecule has 5 aliphatic heterocycles. The third-order valence-corrected chi connectivity index (χ3v) is 29.5. The number of aliphatic imine (C=N–C) groups is 4. The molecule has 12 aromatic rings. The molecule has 0 radical (unpaired) electrons. The quantitative estimate of drug-likeness (QED) is 0.0242. The molecule has 17 heterocycles. The summed E-state index contributed by atoms with van der Waals surface area (Å²) in [7, 11) is 0. The van der Waals surface area contributed by atoms with E-state index in [4.69, 9.17) is 97.6 Å². The molecule has 9 atom stereocenters. The highest BCUT2D eigenvalue weighted by Crippen LogP contribution is 2.44. The van der Waals surface area contributed by atoms with E-state index in [1.165, 1.54) is 54.6 Å². The Morgan fingerprint density at radius 3 is 1.17 bits per heavy atom. The number of aromatic nitrogens is 12. The van der Waals surface area contributed by atoms with E-state index in [0.717, 1.165) is 108 Å².